The second-order valence-corrected chi connectivity index (χ2v) is 3.55. The fourth-order valence-corrected chi connectivity index (χ4v) is 1.67. The number of piperidine rings is 1. The Hall–Kier alpha value is -1.10. The first-order valence-corrected chi connectivity index (χ1v) is 4.80. The van der Waals surface area contributed by atoms with Gasteiger partial charge in [-0.15, -0.1) is 0 Å². The van der Waals surface area contributed by atoms with Crippen LogP contribution in [0.15, 0.2) is 0 Å². The van der Waals surface area contributed by atoms with E-state index in [4.69, 9.17) is 5.11 Å². The van der Waals surface area contributed by atoms with E-state index in [2.05, 4.69) is 5.32 Å². The van der Waals surface area contributed by atoms with Crippen LogP contribution in [0.4, 0.5) is 0 Å². The zero-order chi connectivity index (χ0) is 10.6. The van der Waals surface area contributed by atoms with Crippen LogP contribution < -0.4 is 5.32 Å². The molecule has 0 radical (unpaired) electrons. The molecule has 5 heteroatoms. The monoisotopic (exact) mass is 200 g/mol. The number of nitrogens with one attached hydrogen (secondary N) is 1. The molecule has 14 heavy (non-hydrogen) atoms. The molecule has 1 fully saturated rings. The number of amides is 1. The first kappa shape index (κ1) is 11.0. The van der Waals surface area contributed by atoms with Crippen LogP contribution in [0, 0.1) is 5.92 Å². The molecule has 1 rings (SSSR count). The molecule has 0 unspecified atom stereocenters. The Balaban J connectivity index is 2.47. The Morgan fingerprint density at radius 1 is 1.57 bits per heavy atom. The zero-order valence-electron chi connectivity index (χ0n) is 8.32. The van der Waals surface area contributed by atoms with Crippen LogP contribution in [-0.2, 0) is 9.59 Å². The largest absolute Gasteiger partial charge is 0.481 e. The predicted octanol–water partition coefficient (Wildman–Crippen LogP) is -0.471. The lowest BCUT2D eigenvalue weighted by Crippen LogP contribution is -2.45. The molecule has 1 heterocycles. The number of hydrogen-bond donors (Lipinski definition) is 2. The summed E-state index contributed by atoms with van der Waals surface area (Å²) in [4.78, 5) is 23.8. The standard InChI is InChI=1S/C9H16N2O3/c1-10-5-8(12)11-4-2-3-7(6-11)9(13)14/h7,10H,2-6H2,1H3,(H,13,14)/t7-/m0/s1. The molecular formula is C9H16N2O3. The van der Waals surface area contributed by atoms with Crippen molar-refractivity contribution in [2.75, 3.05) is 26.7 Å². The SMILES string of the molecule is CNCC(=O)N1CCC[C@H](C(=O)O)C1. The highest BCUT2D eigenvalue weighted by atomic mass is 16.4. The minimum Gasteiger partial charge on any atom is -0.481 e. The number of carbonyl (C=O) groups is 2. The fourth-order valence-electron chi connectivity index (χ4n) is 1.67. The molecule has 80 valence electrons. The summed E-state index contributed by atoms with van der Waals surface area (Å²) in [6.45, 7) is 1.33. The van der Waals surface area contributed by atoms with Gasteiger partial charge in [-0.2, -0.15) is 0 Å². The summed E-state index contributed by atoms with van der Waals surface area (Å²) in [6.07, 6.45) is 1.46. The predicted molar refractivity (Wildman–Crippen MR) is 50.9 cm³/mol. The molecule has 0 saturated carbocycles. The summed E-state index contributed by atoms with van der Waals surface area (Å²) in [5.74, 6) is -1.20. The lowest BCUT2D eigenvalue weighted by atomic mass is 9.98. The van der Waals surface area contributed by atoms with Crippen LogP contribution in [0.2, 0.25) is 0 Å². The maximum Gasteiger partial charge on any atom is 0.308 e. The molecule has 0 aromatic rings. The quantitative estimate of drug-likeness (QED) is 0.646. The first-order chi connectivity index (χ1) is 6.65. The summed E-state index contributed by atoms with van der Waals surface area (Å²) in [7, 11) is 1.70. The van der Waals surface area contributed by atoms with E-state index in [-0.39, 0.29) is 18.4 Å². The van der Waals surface area contributed by atoms with E-state index in [1.165, 1.54) is 0 Å². The van der Waals surface area contributed by atoms with E-state index in [0.29, 0.717) is 19.5 Å². The number of rotatable bonds is 3. The maximum atomic E-state index is 11.4. The van der Waals surface area contributed by atoms with Gasteiger partial charge in [0, 0.05) is 13.1 Å². The van der Waals surface area contributed by atoms with Crippen molar-refractivity contribution in [1.82, 2.24) is 10.2 Å². The topological polar surface area (TPSA) is 69.6 Å². The van der Waals surface area contributed by atoms with Crippen molar-refractivity contribution < 1.29 is 14.7 Å². The number of likely N-dealkylation sites (tertiary alicyclic amines) is 1. The van der Waals surface area contributed by atoms with Gasteiger partial charge in [0.2, 0.25) is 5.91 Å². The van der Waals surface area contributed by atoms with Gasteiger partial charge in [0.05, 0.1) is 12.5 Å². The average molecular weight is 200 g/mol. The summed E-state index contributed by atoms with van der Waals surface area (Å²) in [5, 5.41) is 11.6. The molecule has 1 aliphatic rings. The third kappa shape index (κ3) is 2.70. The average Bonchev–Trinajstić information content (AvgIpc) is 2.18. The summed E-state index contributed by atoms with van der Waals surface area (Å²) < 4.78 is 0. The van der Waals surface area contributed by atoms with Crippen LogP contribution in [0.3, 0.4) is 0 Å². The van der Waals surface area contributed by atoms with E-state index in [0.717, 1.165) is 6.42 Å². The molecule has 5 nitrogen and oxygen atoms in total. The van der Waals surface area contributed by atoms with Crippen LogP contribution >= 0.6 is 0 Å². The maximum absolute atomic E-state index is 11.4. The smallest absolute Gasteiger partial charge is 0.308 e. The molecule has 2 N–H and O–H groups in total. The van der Waals surface area contributed by atoms with E-state index >= 15 is 0 Å². The third-order valence-electron chi connectivity index (χ3n) is 2.45. The Morgan fingerprint density at radius 3 is 2.86 bits per heavy atom. The molecule has 0 aromatic heterocycles. The molecule has 1 atom stereocenters. The van der Waals surface area contributed by atoms with E-state index in [9.17, 15) is 9.59 Å². The lowest BCUT2D eigenvalue weighted by Gasteiger charge is -2.30. The Kier molecular flexibility index (Phi) is 3.88. The van der Waals surface area contributed by atoms with Crippen molar-refractivity contribution in [3.63, 3.8) is 0 Å². The van der Waals surface area contributed by atoms with Gasteiger partial charge in [0.1, 0.15) is 0 Å². The second-order valence-electron chi connectivity index (χ2n) is 3.55. The van der Waals surface area contributed by atoms with Crippen LogP contribution in [0.5, 0.6) is 0 Å². The van der Waals surface area contributed by atoms with Gasteiger partial charge in [-0.25, -0.2) is 0 Å². The molecule has 0 aromatic carbocycles. The number of aliphatic carboxylic acids is 1. The molecule has 0 bridgehead atoms. The summed E-state index contributed by atoms with van der Waals surface area (Å²) in [5.41, 5.74) is 0. The number of likely N-dealkylation sites (N-methyl/N-ethyl adjacent to an activating group) is 1. The van der Waals surface area contributed by atoms with Crippen LogP contribution in [0.1, 0.15) is 12.8 Å². The molecule has 1 amide bonds. The molecule has 1 aliphatic heterocycles. The van der Waals surface area contributed by atoms with Crippen molar-refractivity contribution >= 4 is 11.9 Å². The van der Waals surface area contributed by atoms with E-state index < -0.39 is 5.97 Å². The van der Waals surface area contributed by atoms with Crippen molar-refractivity contribution in [3.05, 3.63) is 0 Å². The highest BCUT2D eigenvalue weighted by molar-refractivity contribution is 5.79. The highest BCUT2D eigenvalue weighted by Gasteiger charge is 2.27. The Labute approximate surface area is 83.1 Å². The number of carboxylic acids is 1. The molecule has 1 saturated heterocycles. The normalized spacial score (nSPS) is 22.1. The van der Waals surface area contributed by atoms with Crippen molar-refractivity contribution in [2.45, 2.75) is 12.8 Å². The lowest BCUT2D eigenvalue weighted by molar-refractivity contribution is -0.145. The van der Waals surface area contributed by atoms with Gasteiger partial charge < -0.3 is 15.3 Å². The van der Waals surface area contributed by atoms with Crippen molar-refractivity contribution in [2.24, 2.45) is 5.92 Å². The fraction of sp³-hybridized carbons (Fsp3) is 0.778. The van der Waals surface area contributed by atoms with Gasteiger partial charge in [-0.3, -0.25) is 9.59 Å². The highest BCUT2D eigenvalue weighted by Crippen LogP contribution is 2.16. The Morgan fingerprint density at radius 2 is 2.29 bits per heavy atom. The molecule has 0 aliphatic carbocycles. The molecular weight excluding hydrogens is 184 g/mol. The third-order valence-corrected chi connectivity index (χ3v) is 2.45. The summed E-state index contributed by atoms with van der Waals surface area (Å²) in [6, 6.07) is 0. The van der Waals surface area contributed by atoms with Crippen LogP contribution in [0.25, 0.3) is 0 Å². The van der Waals surface area contributed by atoms with Crippen molar-refractivity contribution in [3.8, 4) is 0 Å². The van der Waals surface area contributed by atoms with Gasteiger partial charge in [-0.05, 0) is 19.9 Å². The zero-order valence-corrected chi connectivity index (χ0v) is 8.32. The minimum atomic E-state index is -0.799. The first-order valence-electron chi connectivity index (χ1n) is 4.80. The van der Waals surface area contributed by atoms with Gasteiger partial charge >= 0.3 is 5.97 Å². The minimum absolute atomic E-state index is 0.0153. The van der Waals surface area contributed by atoms with E-state index in [1.54, 1.807) is 11.9 Å². The number of carboxylic acid groups (broad SMARTS) is 1. The molecule has 0 spiro atoms. The second kappa shape index (κ2) is 4.95. The van der Waals surface area contributed by atoms with E-state index in [1.807, 2.05) is 0 Å². The Bertz CT molecular complexity index is 230. The number of hydrogen-bond acceptors (Lipinski definition) is 3. The van der Waals surface area contributed by atoms with Crippen LogP contribution in [-0.4, -0.2) is 48.6 Å². The summed E-state index contributed by atoms with van der Waals surface area (Å²) >= 11 is 0. The van der Waals surface area contributed by atoms with Crippen molar-refractivity contribution in [1.29, 1.82) is 0 Å². The van der Waals surface area contributed by atoms with Gasteiger partial charge in [0.15, 0.2) is 0 Å². The number of nitrogens with zero attached hydrogens (tertiary/aromatic N) is 1. The number of carbonyl (C=O) groups excluding carboxylic acids is 1. The van der Waals surface area contributed by atoms with Gasteiger partial charge in [0.25, 0.3) is 0 Å². The van der Waals surface area contributed by atoms with Gasteiger partial charge in [-0.1, -0.05) is 0 Å².